The molecule has 0 amide bonds. The van der Waals surface area contributed by atoms with Crippen molar-refractivity contribution in [3.8, 4) is 17.2 Å². The molecule has 96 valence electrons. The Morgan fingerprint density at radius 1 is 0.944 bits per heavy atom. The Kier molecular flexibility index (Phi) is 5.78. The minimum absolute atomic E-state index is 0.208. The van der Waals surface area contributed by atoms with Gasteiger partial charge in [0.05, 0.1) is 0 Å². The summed E-state index contributed by atoms with van der Waals surface area (Å²) < 4.78 is 5.55. The minimum atomic E-state index is 0.208. The van der Waals surface area contributed by atoms with Crippen LogP contribution in [0.15, 0.2) is 48.5 Å². The van der Waals surface area contributed by atoms with Gasteiger partial charge in [0.1, 0.15) is 17.2 Å². The Morgan fingerprint density at radius 2 is 1.56 bits per heavy atom. The Labute approximate surface area is 109 Å². The summed E-state index contributed by atoms with van der Waals surface area (Å²) in [5, 5.41) is 9.26. The number of hydrogen-bond acceptors (Lipinski definition) is 2. The molecule has 0 heterocycles. The second-order valence-corrected chi connectivity index (χ2v) is 4.12. The minimum Gasteiger partial charge on any atom is -0.508 e. The summed E-state index contributed by atoms with van der Waals surface area (Å²) in [7, 11) is 0. The average Bonchev–Trinajstić information content (AvgIpc) is 2.33. The van der Waals surface area contributed by atoms with Crippen LogP contribution in [0.1, 0.15) is 25.8 Å². The van der Waals surface area contributed by atoms with Gasteiger partial charge in [-0.2, -0.15) is 0 Å². The second-order valence-electron chi connectivity index (χ2n) is 4.12. The van der Waals surface area contributed by atoms with Gasteiger partial charge < -0.3 is 9.84 Å². The highest BCUT2D eigenvalue weighted by atomic mass is 16.5. The van der Waals surface area contributed by atoms with Gasteiger partial charge in [-0.3, -0.25) is 0 Å². The summed E-state index contributed by atoms with van der Waals surface area (Å²) in [5.74, 6) is 1.62. The van der Waals surface area contributed by atoms with E-state index < -0.39 is 0 Å². The van der Waals surface area contributed by atoms with Gasteiger partial charge in [0.15, 0.2) is 0 Å². The van der Waals surface area contributed by atoms with Crippen LogP contribution in [-0.4, -0.2) is 5.11 Å². The molecule has 0 saturated heterocycles. The lowest BCUT2D eigenvalue weighted by Crippen LogP contribution is -1.83. The molecular formula is C16H20O2. The molecule has 0 saturated carbocycles. The van der Waals surface area contributed by atoms with E-state index in [2.05, 4.69) is 13.8 Å². The fraction of sp³-hybridized carbons (Fsp3) is 0.250. The Morgan fingerprint density at radius 3 is 2.11 bits per heavy atom. The van der Waals surface area contributed by atoms with E-state index >= 15 is 0 Å². The van der Waals surface area contributed by atoms with Crippen LogP contribution in [0.2, 0.25) is 0 Å². The molecule has 2 aromatic rings. The SMILES string of the molecule is CCC.Cc1ccc(Oc2cccc(O)c2)cc1. The van der Waals surface area contributed by atoms with Crippen LogP contribution in [0.3, 0.4) is 0 Å². The van der Waals surface area contributed by atoms with Crippen LogP contribution in [0.4, 0.5) is 0 Å². The van der Waals surface area contributed by atoms with E-state index in [4.69, 9.17) is 4.74 Å². The van der Waals surface area contributed by atoms with Gasteiger partial charge in [0, 0.05) is 6.07 Å². The number of benzene rings is 2. The molecule has 0 aliphatic carbocycles. The second kappa shape index (κ2) is 7.38. The molecule has 0 unspecified atom stereocenters. The van der Waals surface area contributed by atoms with Crippen molar-refractivity contribution in [2.75, 3.05) is 0 Å². The Bertz CT molecular complexity index is 461. The van der Waals surface area contributed by atoms with Gasteiger partial charge in [0.2, 0.25) is 0 Å². The van der Waals surface area contributed by atoms with Crippen molar-refractivity contribution in [3.05, 3.63) is 54.1 Å². The van der Waals surface area contributed by atoms with E-state index in [1.807, 2.05) is 31.2 Å². The summed E-state index contributed by atoms with van der Waals surface area (Å²) in [6.07, 6.45) is 1.25. The van der Waals surface area contributed by atoms with E-state index in [0.29, 0.717) is 5.75 Å². The highest BCUT2D eigenvalue weighted by Gasteiger charge is 1.97. The van der Waals surface area contributed by atoms with E-state index in [1.54, 1.807) is 24.3 Å². The molecule has 1 N–H and O–H groups in total. The number of rotatable bonds is 2. The van der Waals surface area contributed by atoms with Gasteiger partial charge in [-0.25, -0.2) is 0 Å². The molecule has 0 bridgehead atoms. The van der Waals surface area contributed by atoms with Gasteiger partial charge >= 0.3 is 0 Å². The summed E-state index contributed by atoms with van der Waals surface area (Å²) in [6.45, 7) is 6.28. The molecule has 18 heavy (non-hydrogen) atoms. The first-order valence-electron chi connectivity index (χ1n) is 6.19. The van der Waals surface area contributed by atoms with Crippen molar-refractivity contribution < 1.29 is 9.84 Å². The third kappa shape index (κ3) is 4.91. The maximum Gasteiger partial charge on any atom is 0.131 e. The summed E-state index contributed by atoms with van der Waals surface area (Å²) in [5.41, 5.74) is 1.19. The molecule has 0 aliphatic rings. The first kappa shape index (κ1) is 14.1. The molecular weight excluding hydrogens is 224 g/mol. The highest BCUT2D eigenvalue weighted by molar-refractivity contribution is 5.36. The molecule has 2 heteroatoms. The van der Waals surface area contributed by atoms with Crippen molar-refractivity contribution >= 4 is 0 Å². The first-order valence-corrected chi connectivity index (χ1v) is 6.19. The lowest BCUT2D eigenvalue weighted by Gasteiger charge is -2.05. The molecule has 2 rings (SSSR count). The zero-order valence-corrected chi connectivity index (χ0v) is 11.2. The van der Waals surface area contributed by atoms with Crippen LogP contribution in [-0.2, 0) is 0 Å². The standard InChI is InChI=1S/C13H12O2.C3H8/c1-10-5-7-12(8-6-10)15-13-4-2-3-11(14)9-13;1-3-2/h2-9,14H,1H3;3H2,1-2H3. The number of ether oxygens (including phenoxy) is 1. The molecule has 0 spiro atoms. The van der Waals surface area contributed by atoms with Gasteiger partial charge in [-0.1, -0.05) is 44.0 Å². The quantitative estimate of drug-likeness (QED) is 0.813. The van der Waals surface area contributed by atoms with Crippen LogP contribution in [0, 0.1) is 6.92 Å². The van der Waals surface area contributed by atoms with Crippen LogP contribution in [0.25, 0.3) is 0 Å². The topological polar surface area (TPSA) is 29.5 Å². The van der Waals surface area contributed by atoms with Crippen LogP contribution in [0.5, 0.6) is 17.2 Å². The lowest BCUT2D eigenvalue weighted by molar-refractivity contribution is 0.455. The summed E-state index contributed by atoms with van der Waals surface area (Å²) >= 11 is 0. The number of phenolic OH excluding ortho intramolecular Hbond substituents is 1. The molecule has 0 aromatic heterocycles. The van der Waals surface area contributed by atoms with Crippen molar-refractivity contribution in [3.63, 3.8) is 0 Å². The summed E-state index contributed by atoms with van der Waals surface area (Å²) in [6, 6.07) is 14.5. The molecule has 0 radical (unpaired) electrons. The number of aryl methyl sites for hydroxylation is 1. The predicted octanol–water partition coefficient (Wildman–Crippen LogP) is 4.91. The molecule has 2 aromatic carbocycles. The number of hydrogen-bond donors (Lipinski definition) is 1. The fourth-order valence-corrected chi connectivity index (χ4v) is 1.29. The third-order valence-corrected chi connectivity index (χ3v) is 2.07. The van der Waals surface area contributed by atoms with Crippen LogP contribution < -0.4 is 4.74 Å². The summed E-state index contributed by atoms with van der Waals surface area (Å²) in [4.78, 5) is 0. The van der Waals surface area contributed by atoms with E-state index in [9.17, 15) is 5.11 Å². The van der Waals surface area contributed by atoms with Crippen molar-refractivity contribution in [2.45, 2.75) is 27.2 Å². The van der Waals surface area contributed by atoms with Gasteiger partial charge in [-0.15, -0.1) is 0 Å². The largest absolute Gasteiger partial charge is 0.508 e. The Balaban J connectivity index is 0.000000492. The van der Waals surface area contributed by atoms with Crippen molar-refractivity contribution in [2.24, 2.45) is 0 Å². The maximum absolute atomic E-state index is 9.26. The first-order chi connectivity index (χ1) is 8.65. The number of aromatic hydroxyl groups is 1. The van der Waals surface area contributed by atoms with E-state index in [1.165, 1.54) is 12.0 Å². The van der Waals surface area contributed by atoms with Crippen LogP contribution >= 0.6 is 0 Å². The fourth-order valence-electron chi connectivity index (χ4n) is 1.29. The normalized spacial score (nSPS) is 9.28. The van der Waals surface area contributed by atoms with Gasteiger partial charge in [0.25, 0.3) is 0 Å². The predicted molar refractivity (Wildman–Crippen MR) is 75.3 cm³/mol. The van der Waals surface area contributed by atoms with Crippen molar-refractivity contribution in [1.82, 2.24) is 0 Å². The highest BCUT2D eigenvalue weighted by Crippen LogP contribution is 2.24. The van der Waals surface area contributed by atoms with E-state index in [0.717, 1.165) is 5.75 Å². The third-order valence-electron chi connectivity index (χ3n) is 2.07. The van der Waals surface area contributed by atoms with Gasteiger partial charge in [-0.05, 0) is 31.2 Å². The lowest BCUT2D eigenvalue weighted by atomic mass is 10.2. The zero-order valence-electron chi connectivity index (χ0n) is 11.2. The maximum atomic E-state index is 9.26. The van der Waals surface area contributed by atoms with E-state index in [-0.39, 0.29) is 5.75 Å². The molecule has 0 atom stereocenters. The smallest absolute Gasteiger partial charge is 0.131 e. The molecule has 0 aliphatic heterocycles. The molecule has 2 nitrogen and oxygen atoms in total. The van der Waals surface area contributed by atoms with Crippen molar-refractivity contribution in [1.29, 1.82) is 0 Å². The Hall–Kier alpha value is -1.96. The molecule has 0 fully saturated rings. The number of phenols is 1. The average molecular weight is 244 g/mol. The monoisotopic (exact) mass is 244 g/mol. The zero-order chi connectivity index (χ0) is 13.4.